The fourth-order valence-corrected chi connectivity index (χ4v) is 4.03. The summed E-state index contributed by atoms with van der Waals surface area (Å²) in [7, 11) is 0. The van der Waals surface area contributed by atoms with Crippen LogP contribution in [0.15, 0.2) is 24.3 Å². The van der Waals surface area contributed by atoms with E-state index in [1.54, 1.807) is 12.1 Å². The van der Waals surface area contributed by atoms with Crippen LogP contribution in [0.4, 0.5) is 14.3 Å². The summed E-state index contributed by atoms with van der Waals surface area (Å²) in [5.41, 5.74) is 0.509. The number of hydrogen-bond acceptors (Lipinski definition) is 4. The molecule has 0 saturated heterocycles. The van der Waals surface area contributed by atoms with Crippen LogP contribution in [0, 0.1) is 5.82 Å². The van der Waals surface area contributed by atoms with Gasteiger partial charge in [0.15, 0.2) is 0 Å². The lowest BCUT2D eigenvalue weighted by molar-refractivity contribution is 0.236. The standard InChI is InChI=1S/C17H21FN4OS/c1-2-5-14-21-22-16(24-14)19-15(23)20-17(10-3-4-11-17)12-6-8-13(18)9-7-12/h6-9H,2-5,10-11H2,1H3,(H2,19,20,22,23). The van der Waals surface area contributed by atoms with Crippen LogP contribution in [0.1, 0.15) is 49.6 Å². The lowest BCUT2D eigenvalue weighted by atomic mass is 9.88. The fraction of sp³-hybridized carbons (Fsp3) is 0.471. The lowest BCUT2D eigenvalue weighted by Crippen LogP contribution is -2.45. The van der Waals surface area contributed by atoms with Gasteiger partial charge in [-0.25, -0.2) is 9.18 Å². The van der Waals surface area contributed by atoms with Crippen LogP contribution >= 0.6 is 11.3 Å². The maximum absolute atomic E-state index is 13.2. The molecule has 1 aliphatic rings. The van der Waals surface area contributed by atoms with E-state index in [0.717, 1.165) is 49.1 Å². The lowest BCUT2D eigenvalue weighted by Gasteiger charge is -2.30. The highest BCUT2D eigenvalue weighted by Gasteiger charge is 2.37. The minimum Gasteiger partial charge on any atom is -0.328 e. The zero-order chi connectivity index (χ0) is 17.0. The van der Waals surface area contributed by atoms with Gasteiger partial charge in [-0.05, 0) is 37.0 Å². The number of rotatable bonds is 5. The maximum Gasteiger partial charge on any atom is 0.321 e. The Labute approximate surface area is 144 Å². The van der Waals surface area contributed by atoms with E-state index in [-0.39, 0.29) is 11.8 Å². The van der Waals surface area contributed by atoms with E-state index >= 15 is 0 Å². The van der Waals surface area contributed by atoms with E-state index < -0.39 is 5.54 Å². The summed E-state index contributed by atoms with van der Waals surface area (Å²) in [6, 6.07) is 6.10. The van der Waals surface area contributed by atoms with Crippen LogP contribution in [-0.4, -0.2) is 16.2 Å². The molecular weight excluding hydrogens is 327 g/mol. The minimum absolute atomic E-state index is 0.270. The molecule has 0 unspecified atom stereocenters. The van der Waals surface area contributed by atoms with Crippen molar-refractivity contribution in [3.8, 4) is 0 Å². The number of amides is 2. The Morgan fingerprint density at radius 2 is 1.96 bits per heavy atom. The van der Waals surface area contributed by atoms with Crippen molar-refractivity contribution in [1.29, 1.82) is 0 Å². The molecule has 1 aromatic heterocycles. The number of aryl methyl sites for hydroxylation is 1. The van der Waals surface area contributed by atoms with Gasteiger partial charge in [0.1, 0.15) is 10.8 Å². The van der Waals surface area contributed by atoms with Crippen LogP contribution in [0.5, 0.6) is 0 Å². The molecule has 0 aliphatic heterocycles. The Morgan fingerprint density at radius 1 is 1.25 bits per heavy atom. The molecule has 0 spiro atoms. The molecule has 2 N–H and O–H groups in total. The number of urea groups is 1. The van der Waals surface area contributed by atoms with Crippen LogP contribution in [-0.2, 0) is 12.0 Å². The first-order valence-electron chi connectivity index (χ1n) is 8.29. The molecule has 5 nitrogen and oxygen atoms in total. The number of nitrogens with zero attached hydrogens (tertiary/aromatic N) is 2. The molecule has 2 amide bonds. The molecule has 1 heterocycles. The highest BCUT2D eigenvalue weighted by atomic mass is 32.1. The van der Waals surface area contributed by atoms with Crippen molar-refractivity contribution in [2.45, 2.75) is 51.0 Å². The molecule has 1 saturated carbocycles. The summed E-state index contributed by atoms with van der Waals surface area (Å²) in [5.74, 6) is -0.270. The molecule has 7 heteroatoms. The van der Waals surface area contributed by atoms with Gasteiger partial charge in [0.25, 0.3) is 0 Å². The van der Waals surface area contributed by atoms with Gasteiger partial charge in [-0.3, -0.25) is 5.32 Å². The van der Waals surface area contributed by atoms with Crippen molar-refractivity contribution in [2.24, 2.45) is 0 Å². The highest BCUT2D eigenvalue weighted by molar-refractivity contribution is 7.15. The zero-order valence-electron chi connectivity index (χ0n) is 13.6. The summed E-state index contributed by atoms with van der Waals surface area (Å²) in [6.45, 7) is 2.08. The number of anilines is 1. The molecule has 128 valence electrons. The van der Waals surface area contributed by atoms with Gasteiger partial charge in [0, 0.05) is 6.42 Å². The summed E-state index contributed by atoms with van der Waals surface area (Å²) < 4.78 is 13.2. The topological polar surface area (TPSA) is 66.9 Å². The van der Waals surface area contributed by atoms with Crippen molar-refractivity contribution in [3.05, 3.63) is 40.7 Å². The van der Waals surface area contributed by atoms with Crippen LogP contribution in [0.3, 0.4) is 0 Å². The number of carbonyl (C=O) groups is 1. The van der Waals surface area contributed by atoms with Gasteiger partial charge in [-0.15, -0.1) is 10.2 Å². The first-order chi connectivity index (χ1) is 11.6. The Kier molecular flexibility index (Phi) is 5.08. The van der Waals surface area contributed by atoms with E-state index in [2.05, 4.69) is 27.8 Å². The zero-order valence-corrected chi connectivity index (χ0v) is 14.5. The monoisotopic (exact) mass is 348 g/mol. The first-order valence-corrected chi connectivity index (χ1v) is 9.10. The van der Waals surface area contributed by atoms with Crippen molar-refractivity contribution in [3.63, 3.8) is 0 Å². The van der Waals surface area contributed by atoms with Gasteiger partial charge in [0.05, 0.1) is 5.54 Å². The summed E-state index contributed by atoms with van der Waals surface area (Å²) in [4.78, 5) is 12.4. The fourth-order valence-electron chi connectivity index (χ4n) is 3.20. The Morgan fingerprint density at radius 3 is 2.62 bits per heavy atom. The molecule has 2 aromatic rings. The van der Waals surface area contributed by atoms with Crippen molar-refractivity contribution in [2.75, 3.05) is 5.32 Å². The predicted octanol–water partition coefficient (Wildman–Crippen LogP) is 4.22. The normalized spacial score (nSPS) is 16.1. The third kappa shape index (κ3) is 3.72. The van der Waals surface area contributed by atoms with Crippen molar-refractivity contribution in [1.82, 2.24) is 15.5 Å². The Balaban J connectivity index is 1.70. The molecule has 24 heavy (non-hydrogen) atoms. The summed E-state index contributed by atoms with van der Waals surface area (Å²) in [5, 5.41) is 15.3. The van der Waals surface area contributed by atoms with E-state index in [9.17, 15) is 9.18 Å². The molecule has 1 aliphatic carbocycles. The predicted molar refractivity (Wildman–Crippen MR) is 92.6 cm³/mol. The first kappa shape index (κ1) is 16.8. The second-order valence-corrected chi connectivity index (χ2v) is 7.19. The molecule has 0 radical (unpaired) electrons. The number of halogens is 1. The average molecular weight is 348 g/mol. The smallest absolute Gasteiger partial charge is 0.321 e. The van der Waals surface area contributed by atoms with Gasteiger partial charge in [0.2, 0.25) is 5.13 Å². The van der Waals surface area contributed by atoms with Gasteiger partial charge >= 0.3 is 6.03 Å². The molecule has 3 rings (SSSR count). The summed E-state index contributed by atoms with van der Waals surface area (Å²) in [6.07, 6.45) is 5.63. The van der Waals surface area contributed by atoms with Gasteiger partial charge in [-0.1, -0.05) is 43.2 Å². The maximum atomic E-state index is 13.2. The van der Waals surface area contributed by atoms with Crippen molar-refractivity contribution >= 4 is 22.5 Å². The minimum atomic E-state index is -0.436. The van der Waals surface area contributed by atoms with Gasteiger partial charge < -0.3 is 5.32 Å². The largest absolute Gasteiger partial charge is 0.328 e. The molecule has 0 bridgehead atoms. The van der Waals surface area contributed by atoms with Gasteiger partial charge in [-0.2, -0.15) is 0 Å². The third-order valence-electron chi connectivity index (χ3n) is 4.36. The van der Waals surface area contributed by atoms with E-state index in [4.69, 9.17) is 0 Å². The van der Waals surface area contributed by atoms with E-state index in [0.29, 0.717) is 5.13 Å². The van der Waals surface area contributed by atoms with Crippen molar-refractivity contribution < 1.29 is 9.18 Å². The number of benzene rings is 1. The van der Waals surface area contributed by atoms with E-state index in [1.165, 1.54) is 23.5 Å². The molecule has 1 aromatic carbocycles. The van der Waals surface area contributed by atoms with Crippen LogP contribution in [0.2, 0.25) is 0 Å². The number of aromatic nitrogens is 2. The number of carbonyl (C=O) groups excluding carboxylic acids is 1. The van der Waals surface area contributed by atoms with Crippen LogP contribution in [0.25, 0.3) is 0 Å². The third-order valence-corrected chi connectivity index (χ3v) is 5.26. The highest BCUT2D eigenvalue weighted by Crippen LogP contribution is 2.38. The SMILES string of the molecule is CCCc1nnc(NC(=O)NC2(c3ccc(F)cc3)CCCC2)s1. The second-order valence-electron chi connectivity index (χ2n) is 6.13. The Hall–Kier alpha value is -2.02. The number of nitrogens with one attached hydrogen (secondary N) is 2. The Bertz CT molecular complexity index is 695. The number of hydrogen-bond donors (Lipinski definition) is 2. The second kappa shape index (κ2) is 7.25. The van der Waals surface area contributed by atoms with Crippen LogP contribution < -0.4 is 10.6 Å². The molecular formula is C17H21FN4OS. The molecule has 0 atom stereocenters. The average Bonchev–Trinajstić information content (AvgIpc) is 3.19. The quantitative estimate of drug-likeness (QED) is 0.850. The van der Waals surface area contributed by atoms with E-state index in [1.807, 2.05) is 0 Å². The molecule has 1 fully saturated rings. The summed E-state index contributed by atoms with van der Waals surface area (Å²) >= 11 is 1.40.